The minimum atomic E-state index is -0.933. The Balaban J connectivity index is 1.57. The number of carbonyl (C=O) groups is 1. The fraction of sp³-hybridized carbons (Fsp3) is 0.346. The van der Waals surface area contributed by atoms with Gasteiger partial charge in [-0.05, 0) is 43.7 Å². The molecule has 0 aliphatic carbocycles. The molecule has 2 N–H and O–H groups in total. The van der Waals surface area contributed by atoms with E-state index in [4.69, 9.17) is 10.00 Å². The summed E-state index contributed by atoms with van der Waals surface area (Å²) < 4.78 is 34.8. The highest BCUT2D eigenvalue weighted by Crippen LogP contribution is 2.31. The molecule has 188 valence electrons. The van der Waals surface area contributed by atoms with Crippen molar-refractivity contribution in [1.29, 1.82) is 5.26 Å². The molecule has 2 heterocycles. The molecule has 0 radical (unpaired) electrons. The van der Waals surface area contributed by atoms with Crippen molar-refractivity contribution in [2.75, 3.05) is 31.6 Å². The number of hydrogen-bond acceptors (Lipinski definition) is 5. The van der Waals surface area contributed by atoms with E-state index in [1.54, 1.807) is 4.68 Å². The molecule has 1 aliphatic rings. The Labute approximate surface area is 208 Å². The first-order chi connectivity index (χ1) is 17.4. The van der Waals surface area contributed by atoms with Gasteiger partial charge in [-0.1, -0.05) is 24.3 Å². The van der Waals surface area contributed by atoms with Crippen molar-refractivity contribution < 1.29 is 18.3 Å². The van der Waals surface area contributed by atoms with Gasteiger partial charge in [-0.25, -0.2) is 18.3 Å². The van der Waals surface area contributed by atoms with E-state index in [1.165, 1.54) is 12.1 Å². The second-order valence-electron chi connectivity index (χ2n) is 8.61. The van der Waals surface area contributed by atoms with Gasteiger partial charge in [0.25, 0.3) is 0 Å². The Hall–Kier alpha value is -3.97. The Morgan fingerprint density at radius 3 is 2.67 bits per heavy atom. The van der Waals surface area contributed by atoms with Gasteiger partial charge in [-0.15, -0.1) is 5.10 Å². The van der Waals surface area contributed by atoms with Crippen LogP contribution in [0.25, 0.3) is 5.69 Å². The number of hydrogen-bond donors (Lipinski definition) is 2. The van der Waals surface area contributed by atoms with E-state index < -0.39 is 17.7 Å². The number of nitriles is 1. The van der Waals surface area contributed by atoms with Crippen molar-refractivity contribution in [3.63, 3.8) is 0 Å². The molecule has 2 atom stereocenters. The molecule has 8 nitrogen and oxygen atoms in total. The number of rotatable bonds is 8. The summed E-state index contributed by atoms with van der Waals surface area (Å²) >= 11 is 0. The third-order valence-electron chi connectivity index (χ3n) is 6.22. The van der Waals surface area contributed by atoms with Gasteiger partial charge in [0.1, 0.15) is 5.82 Å². The van der Waals surface area contributed by atoms with Crippen LogP contribution in [-0.2, 0) is 0 Å². The van der Waals surface area contributed by atoms with Gasteiger partial charge in [-0.3, -0.25) is 10.2 Å². The molecule has 1 fully saturated rings. The zero-order chi connectivity index (χ0) is 25.7. The summed E-state index contributed by atoms with van der Waals surface area (Å²) in [6.07, 6.45) is 0.332. The number of likely N-dealkylation sites (tertiary alicyclic amines) is 1. The van der Waals surface area contributed by atoms with E-state index in [9.17, 15) is 13.6 Å². The molecule has 2 amide bonds. The van der Waals surface area contributed by atoms with Gasteiger partial charge in [0.15, 0.2) is 11.6 Å². The highest BCUT2D eigenvalue weighted by molar-refractivity contribution is 5.90. The number of amides is 2. The molecule has 1 aromatic heterocycles. The highest BCUT2D eigenvalue weighted by atomic mass is 19.2. The van der Waals surface area contributed by atoms with E-state index in [0.29, 0.717) is 55.5 Å². The zero-order valence-corrected chi connectivity index (χ0v) is 20.2. The van der Waals surface area contributed by atoms with Crippen LogP contribution >= 0.6 is 0 Å². The molecule has 1 aliphatic heterocycles. The fourth-order valence-electron chi connectivity index (χ4n) is 4.47. The molecule has 0 unspecified atom stereocenters. The summed E-state index contributed by atoms with van der Waals surface area (Å²) in [5, 5.41) is 19.4. The van der Waals surface area contributed by atoms with Crippen LogP contribution in [-0.4, -0.2) is 53.0 Å². The second-order valence-corrected chi connectivity index (χ2v) is 8.61. The number of para-hydroxylation sites is 1. The van der Waals surface area contributed by atoms with Crippen molar-refractivity contribution in [3.8, 4) is 17.6 Å². The third kappa shape index (κ3) is 5.47. The van der Waals surface area contributed by atoms with Crippen LogP contribution in [0.2, 0.25) is 0 Å². The maximum Gasteiger partial charge on any atom is 0.320 e. The van der Waals surface area contributed by atoms with Crippen LogP contribution in [0.15, 0.2) is 48.5 Å². The van der Waals surface area contributed by atoms with Crippen molar-refractivity contribution in [2.24, 2.45) is 0 Å². The molecule has 2 aromatic carbocycles. The number of ether oxygens (including phenoxy) is 1. The minimum Gasteiger partial charge on any atom is -0.477 e. The SMILES string of the molecule is CCOc1nn(-c2ccccc2)c(NC(=O)N[C@@H]2CN(CCC#N)C[C@H]2c2ccc(F)c(F)c2)c1C. The van der Waals surface area contributed by atoms with Crippen LogP contribution in [0.3, 0.4) is 0 Å². The highest BCUT2D eigenvalue weighted by Gasteiger charge is 2.35. The Morgan fingerprint density at radius 1 is 1.19 bits per heavy atom. The van der Waals surface area contributed by atoms with Gasteiger partial charge in [0, 0.05) is 32.0 Å². The smallest absolute Gasteiger partial charge is 0.320 e. The zero-order valence-electron chi connectivity index (χ0n) is 20.2. The summed E-state index contributed by atoms with van der Waals surface area (Å²) in [7, 11) is 0. The number of nitrogens with one attached hydrogen (secondary N) is 2. The van der Waals surface area contributed by atoms with Gasteiger partial charge < -0.3 is 10.1 Å². The van der Waals surface area contributed by atoms with Crippen molar-refractivity contribution >= 4 is 11.8 Å². The molecule has 0 bridgehead atoms. The number of nitrogens with zero attached hydrogens (tertiary/aromatic N) is 4. The lowest BCUT2D eigenvalue weighted by Crippen LogP contribution is -2.42. The topological polar surface area (TPSA) is 95.2 Å². The Bertz CT molecular complexity index is 1260. The van der Waals surface area contributed by atoms with E-state index in [0.717, 1.165) is 11.8 Å². The quantitative estimate of drug-likeness (QED) is 0.485. The molecule has 1 saturated heterocycles. The largest absolute Gasteiger partial charge is 0.477 e. The van der Waals surface area contributed by atoms with Crippen LogP contribution in [0, 0.1) is 29.9 Å². The van der Waals surface area contributed by atoms with Crippen LogP contribution in [0.4, 0.5) is 19.4 Å². The van der Waals surface area contributed by atoms with Crippen LogP contribution in [0.1, 0.15) is 30.4 Å². The standard InChI is InChI=1S/C26H28F2N6O2/c1-3-36-25-17(2)24(34(32-25)19-8-5-4-6-9-19)31-26(35)30-23-16-33(13-7-12-29)15-20(23)18-10-11-21(27)22(28)14-18/h4-6,8-11,14,20,23H,3,7,13,15-16H2,1-2H3,(H2,30,31,35)/t20-,23+/m0/s1. The summed E-state index contributed by atoms with van der Waals surface area (Å²) in [5.74, 6) is -1.25. The normalized spacial score (nSPS) is 17.5. The molecule has 3 aromatic rings. The summed E-state index contributed by atoms with van der Waals surface area (Å²) in [5.41, 5.74) is 2.02. The van der Waals surface area contributed by atoms with E-state index in [-0.39, 0.29) is 12.0 Å². The average molecular weight is 495 g/mol. The minimum absolute atomic E-state index is 0.274. The Morgan fingerprint density at radius 2 is 1.97 bits per heavy atom. The molecule has 0 saturated carbocycles. The number of aromatic nitrogens is 2. The lowest BCUT2D eigenvalue weighted by Gasteiger charge is -2.21. The first kappa shape index (κ1) is 25.1. The molecule has 0 spiro atoms. The second kappa shape index (κ2) is 11.2. The fourth-order valence-corrected chi connectivity index (χ4v) is 4.47. The first-order valence-electron chi connectivity index (χ1n) is 11.8. The molecule has 4 rings (SSSR count). The third-order valence-corrected chi connectivity index (χ3v) is 6.22. The van der Waals surface area contributed by atoms with Gasteiger partial charge in [0.05, 0.1) is 30.0 Å². The van der Waals surface area contributed by atoms with E-state index in [1.807, 2.05) is 49.1 Å². The number of benzene rings is 2. The summed E-state index contributed by atoms with van der Waals surface area (Å²) in [4.78, 5) is 15.2. The average Bonchev–Trinajstić information content (AvgIpc) is 3.41. The van der Waals surface area contributed by atoms with Crippen LogP contribution in [0.5, 0.6) is 5.88 Å². The van der Waals surface area contributed by atoms with Crippen molar-refractivity contribution in [1.82, 2.24) is 20.0 Å². The molecule has 10 heteroatoms. The van der Waals surface area contributed by atoms with Crippen LogP contribution < -0.4 is 15.4 Å². The number of carbonyl (C=O) groups excluding carboxylic acids is 1. The number of halogens is 2. The van der Waals surface area contributed by atoms with Crippen molar-refractivity contribution in [2.45, 2.75) is 32.2 Å². The summed E-state index contributed by atoms with van der Waals surface area (Å²) in [6, 6.07) is 14.5. The predicted octanol–water partition coefficient (Wildman–Crippen LogP) is 4.36. The van der Waals surface area contributed by atoms with Gasteiger partial charge in [0.2, 0.25) is 5.88 Å². The van der Waals surface area contributed by atoms with E-state index in [2.05, 4.69) is 21.8 Å². The number of anilines is 1. The monoisotopic (exact) mass is 494 g/mol. The van der Waals surface area contributed by atoms with E-state index >= 15 is 0 Å². The van der Waals surface area contributed by atoms with Gasteiger partial charge >= 0.3 is 6.03 Å². The lowest BCUT2D eigenvalue weighted by molar-refractivity contribution is 0.247. The first-order valence-corrected chi connectivity index (χ1v) is 11.8. The number of urea groups is 1. The maximum atomic E-state index is 14.0. The predicted molar refractivity (Wildman–Crippen MR) is 131 cm³/mol. The Kier molecular flexibility index (Phi) is 7.80. The molecule has 36 heavy (non-hydrogen) atoms. The molecular weight excluding hydrogens is 466 g/mol. The lowest BCUT2D eigenvalue weighted by atomic mass is 9.94. The van der Waals surface area contributed by atoms with Gasteiger partial charge in [-0.2, -0.15) is 5.26 Å². The maximum absolute atomic E-state index is 14.0. The summed E-state index contributed by atoms with van der Waals surface area (Å²) in [6.45, 7) is 5.60. The molecular formula is C26H28F2N6O2. The van der Waals surface area contributed by atoms with Crippen molar-refractivity contribution in [3.05, 3.63) is 71.3 Å².